The molecule has 0 spiro atoms. The highest BCUT2D eigenvalue weighted by Crippen LogP contribution is 2.74. The molecule has 0 aromatic heterocycles. The van der Waals surface area contributed by atoms with E-state index >= 15 is 0 Å². The van der Waals surface area contributed by atoms with E-state index in [1.54, 1.807) is 0 Å². The maximum Gasteiger partial charge on any atom is 0.338 e. The molecule has 0 radical (unpaired) electrons. The molecule has 8 atom stereocenters. The molecular weight excluding hydrogens is 414 g/mol. The third-order valence-corrected chi connectivity index (χ3v) is 8.55. The molecule has 5 aliphatic rings. The number of nitro benzene ring substituents is 1. The van der Waals surface area contributed by atoms with Crippen molar-refractivity contribution in [1.29, 1.82) is 0 Å². The van der Waals surface area contributed by atoms with Gasteiger partial charge < -0.3 is 14.6 Å². The zero-order valence-corrected chi connectivity index (χ0v) is 19.1. The summed E-state index contributed by atoms with van der Waals surface area (Å²) in [5, 5.41) is 22.2. The number of hydrogen-bond acceptors (Lipinski definition) is 7. The number of nitrogens with zero attached hydrogens (tertiary/aromatic N) is 1. The molecule has 4 bridgehead atoms. The number of esters is 2. The molecule has 174 valence electrons. The lowest BCUT2D eigenvalue weighted by molar-refractivity contribution is -0.384. The number of fused-ring (bicyclic) bond motifs is 5. The third kappa shape index (κ3) is 3.22. The SMILES string of the molecule is CC(=O)O[C@@H]1C[C@H](C)[C@H]2[C@@H]3[C@@H]1[C@]2(C)[C@H](O)C[C@@H](OC(=O)c1ccc([N+](=O)[O-])cc1)C3(C)C. The summed E-state index contributed by atoms with van der Waals surface area (Å²) in [7, 11) is 0. The molecule has 32 heavy (non-hydrogen) atoms. The van der Waals surface area contributed by atoms with Crippen molar-refractivity contribution in [1.82, 2.24) is 0 Å². The molecule has 5 fully saturated rings. The van der Waals surface area contributed by atoms with E-state index < -0.39 is 33.9 Å². The van der Waals surface area contributed by atoms with Gasteiger partial charge in [-0.15, -0.1) is 0 Å². The predicted molar refractivity (Wildman–Crippen MR) is 115 cm³/mol. The number of benzene rings is 1. The van der Waals surface area contributed by atoms with E-state index in [0.717, 1.165) is 6.42 Å². The smallest absolute Gasteiger partial charge is 0.338 e. The molecule has 0 aliphatic heterocycles. The first kappa shape index (κ1) is 22.7. The second kappa shape index (κ2) is 7.54. The monoisotopic (exact) mass is 445 g/mol. The highest BCUT2D eigenvalue weighted by atomic mass is 16.6. The van der Waals surface area contributed by atoms with Crippen molar-refractivity contribution in [3.63, 3.8) is 0 Å². The number of hydrogen-bond donors (Lipinski definition) is 1. The summed E-state index contributed by atoms with van der Waals surface area (Å²) in [5.41, 5.74) is -0.724. The predicted octanol–water partition coefficient (Wildman–Crippen LogP) is 3.75. The lowest BCUT2D eigenvalue weighted by Gasteiger charge is -2.70. The van der Waals surface area contributed by atoms with Crippen LogP contribution in [0.1, 0.15) is 57.8 Å². The number of rotatable bonds is 4. The molecule has 0 amide bonds. The highest BCUT2D eigenvalue weighted by molar-refractivity contribution is 5.89. The van der Waals surface area contributed by atoms with Crippen LogP contribution in [0.15, 0.2) is 24.3 Å². The van der Waals surface area contributed by atoms with Crippen LogP contribution in [0.2, 0.25) is 0 Å². The van der Waals surface area contributed by atoms with E-state index in [9.17, 15) is 24.8 Å². The Balaban J connectivity index is 1.62. The van der Waals surface area contributed by atoms with Gasteiger partial charge in [-0.25, -0.2) is 4.79 Å². The minimum atomic E-state index is -0.703. The number of carbonyl (C=O) groups is 2. The number of carbonyl (C=O) groups excluding carboxylic acids is 2. The largest absolute Gasteiger partial charge is 0.462 e. The molecule has 1 aromatic rings. The maximum atomic E-state index is 12.9. The molecule has 8 nitrogen and oxygen atoms in total. The van der Waals surface area contributed by atoms with E-state index in [0.29, 0.717) is 6.42 Å². The van der Waals surface area contributed by atoms with Crippen LogP contribution in [0.3, 0.4) is 0 Å². The van der Waals surface area contributed by atoms with Crippen LogP contribution in [0, 0.1) is 44.6 Å². The molecule has 1 aromatic carbocycles. The van der Waals surface area contributed by atoms with Gasteiger partial charge in [0.1, 0.15) is 12.2 Å². The van der Waals surface area contributed by atoms with Gasteiger partial charge in [-0.3, -0.25) is 14.9 Å². The minimum absolute atomic E-state index is 0.000627. The van der Waals surface area contributed by atoms with Crippen LogP contribution in [0.4, 0.5) is 5.69 Å². The Morgan fingerprint density at radius 1 is 1.06 bits per heavy atom. The second-order valence-corrected chi connectivity index (χ2v) is 10.6. The zero-order valence-electron chi connectivity index (χ0n) is 19.1. The topological polar surface area (TPSA) is 116 Å². The van der Waals surface area contributed by atoms with Crippen molar-refractivity contribution in [3.05, 3.63) is 39.9 Å². The van der Waals surface area contributed by atoms with Gasteiger partial charge >= 0.3 is 11.9 Å². The highest BCUT2D eigenvalue weighted by Gasteiger charge is 2.75. The fraction of sp³-hybridized carbons (Fsp3) is 0.667. The Kier molecular flexibility index (Phi) is 5.35. The number of aliphatic hydroxyl groups excluding tert-OH is 1. The van der Waals surface area contributed by atoms with Gasteiger partial charge in [0.15, 0.2) is 0 Å². The van der Waals surface area contributed by atoms with Crippen LogP contribution in [0.25, 0.3) is 0 Å². The summed E-state index contributed by atoms with van der Waals surface area (Å²) in [6, 6.07) is 5.32. The lowest BCUT2D eigenvalue weighted by atomic mass is 9.35. The van der Waals surface area contributed by atoms with Crippen molar-refractivity contribution in [2.75, 3.05) is 0 Å². The van der Waals surface area contributed by atoms with Gasteiger partial charge in [0, 0.05) is 42.2 Å². The summed E-state index contributed by atoms with van der Waals surface area (Å²) < 4.78 is 11.6. The van der Waals surface area contributed by atoms with Gasteiger partial charge in [0.05, 0.1) is 16.6 Å². The average Bonchev–Trinajstić information content (AvgIpc) is 2.80. The summed E-state index contributed by atoms with van der Waals surface area (Å²) in [6.07, 6.45) is -0.434. The number of nitro groups is 1. The zero-order chi connectivity index (χ0) is 23.6. The van der Waals surface area contributed by atoms with Crippen molar-refractivity contribution in [2.24, 2.45) is 34.5 Å². The van der Waals surface area contributed by atoms with Gasteiger partial charge in [0.25, 0.3) is 5.69 Å². The van der Waals surface area contributed by atoms with Crippen LogP contribution >= 0.6 is 0 Å². The molecule has 5 saturated carbocycles. The van der Waals surface area contributed by atoms with Gasteiger partial charge in [0.2, 0.25) is 0 Å². The Morgan fingerprint density at radius 2 is 1.69 bits per heavy atom. The van der Waals surface area contributed by atoms with Gasteiger partial charge in [-0.1, -0.05) is 27.7 Å². The normalized spacial score (nSPS) is 39.2. The first-order valence-corrected chi connectivity index (χ1v) is 11.2. The van der Waals surface area contributed by atoms with E-state index in [4.69, 9.17) is 9.47 Å². The van der Waals surface area contributed by atoms with E-state index in [1.165, 1.54) is 31.2 Å². The standard InChI is InChI=1S/C24H31NO7/c1-12-10-16(31-13(2)26)20-21-19(12)24(20,5)17(27)11-18(23(21,3)4)32-22(28)14-6-8-15(9-7-14)25(29)30/h6-9,12,16-21,27H,10-11H2,1-5H3/t12-,16+,17+,18+,19-,20+,21+,24+/m0/s1. The van der Waals surface area contributed by atoms with Crippen LogP contribution in [-0.2, 0) is 14.3 Å². The number of ether oxygens (including phenoxy) is 2. The van der Waals surface area contributed by atoms with Crippen LogP contribution in [0.5, 0.6) is 0 Å². The third-order valence-electron chi connectivity index (χ3n) is 8.55. The molecule has 0 unspecified atom stereocenters. The van der Waals surface area contributed by atoms with Gasteiger partial charge in [-0.2, -0.15) is 0 Å². The molecule has 5 aliphatic carbocycles. The molecule has 8 heteroatoms. The fourth-order valence-electron chi connectivity index (χ4n) is 7.16. The molecule has 6 rings (SSSR count). The maximum absolute atomic E-state index is 12.9. The lowest BCUT2D eigenvalue weighted by Crippen LogP contribution is -2.71. The van der Waals surface area contributed by atoms with Gasteiger partial charge in [-0.05, 0) is 36.3 Å². The fourth-order valence-corrected chi connectivity index (χ4v) is 7.16. The summed E-state index contributed by atoms with van der Waals surface area (Å²) in [6.45, 7) is 9.76. The van der Waals surface area contributed by atoms with Crippen molar-refractivity contribution in [3.8, 4) is 0 Å². The number of aliphatic hydroxyl groups is 1. The first-order valence-electron chi connectivity index (χ1n) is 11.2. The molecule has 1 N–H and O–H groups in total. The second-order valence-electron chi connectivity index (χ2n) is 10.6. The van der Waals surface area contributed by atoms with Crippen LogP contribution in [-0.4, -0.2) is 40.3 Å². The Hall–Kier alpha value is -2.48. The van der Waals surface area contributed by atoms with Crippen molar-refractivity contribution >= 4 is 17.6 Å². The van der Waals surface area contributed by atoms with E-state index in [1.807, 2.05) is 0 Å². The summed E-state index contributed by atoms with van der Waals surface area (Å²) >= 11 is 0. The van der Waals surface area contributed by atoms with Crippen molar-refractivity contribution in [2.45, 2.75) is 65.8 Å². The molecule has 0 heterocycles. The number of non-ortho nitro benzene ring substituents is 1. The molecular formula is C24H31NO7. The quantitative estimate of drug-likeness (QED) is 0.426. The van der Waals surface area contributed by atoms with E-state index in [2.05, 4.69) is 27.7 Å². The summed E-state index contributed by atoms with van der Waals surface area (Å²) in [4.78, 5) is 35.0. The first-order chi connectivity index (χ1) is 14.9. The molecule has 0 saturated heterocycles. The summed E-state index contributed by atoms with van der Waals surface area (Å²) in [5.74, 6) is -0.247. The minimum Gasteiger partial charge on any atom is -0.462 e. The average molecular weight is 446 g/mol. The Morgan fingerprint density at radius 3 is 2.25 bits per heavy atom. The van der Waals surface area contributed by atoms with Crippen molar-refractivity contribution < 1.29 is 29.1 Å². The Labute approximate surface area is 187 Å². The van der Waals surface area contributed by atoms with Crippen LogP contribution < -0.4 is 0 Å². The van der Waals surface area contributed by atoms with E-state index in [-0.39, 0.29) is 47.0 Å². The Bertz CT molecular complexity index is 942.